The molecule has 0 radical (unpaired) electrons. The van der Waals surface area contributed by atoms with Crippen molar-refractivity contribution in [3.63, 3.8) is 0 Å². The zero-order valence-electron chi connectivity index (χ0n) is 11.3. The summed E-state index contributed by atoms with van der Waals surface area (Å²) in [7, 11) is 0. The summed E-state index contributed by atoms with van der Waals surface area (Å²) in [5, 5.41) is 2.94. The molecule has 94 valence electrons. The van der Waals surface area contributed by atoms with Crippen LogP contribution >= 0.6 is 0 Å². The Kier molecular flexibility index (Phi) is 3.94. The van der Waals surface area contributed by atoms with Gasteiger partial charge >= 0.3 is 0 Å². The molecule has 0 bridgehead atoms. The molecule has 17 heavy (non-hydrogen) atoms. The fourth-order valence-electron chi connectivity index (χ4n) is 1.70. The molecule has 1 aromatic rings. The van der Waals surface area contributed by atoms with E-state index in [-0.39, 0.29) is 11.9 Å². The van der Waals surface area contributed by atoms with E-state index in [1.165, 1.54) is 11.1 Å². The van der Waals surface area contributed by atoms with Gasteiger partial charge in [0.25, 0.3) is 0 Å². The van der Waals surface area contributed by atoms with Gasteiger partial charge in [0.05, 0.1) is 11.6 Å². The average molecular weight is 234 g/mol. The first-order valence-electron chi connectivity index (χ1n) is 5.89. The number of amides is 1. The van der Waals surface area contributed by atoms with Gasteiger partial charge in [-0.05, 0) is 51.3 Å². The largest absolute Gasteiger partial charge is 0.348 e. The maximum Gasteiger partial charge on any atom is 0.239 e. The Morgan fingerprint density at radius 1 is 1.35 bits per heavy atom. The molecule has 0 aliphatic carbocycles. The van der Waals surface area contributed by atoms with Gasteiger partial charge in [-0.1, -0.05) is 18.2 Å². The first-order chi connectivity index (χ1) is 7.73. The van der Waals surface area contributed by atoms with Crippen molar-refractivity contribution in [2.75, 3.05) is 0 Å². The number of benzene rings is 1. The predicted octanol–water partition coefficient (Wildman–Crippen LogP) is 2.22. The monoisotopic (exact) mass is 234 g/mol. The standard InChI is InChI=1S/C14H22N2O/c1-9-7-6-8-12(10(9)2)11(3)16-13(17)14(4,5)15/h6-8,11H,15H2,1-5H3,(H,16,17). The molecule has 1 atom stereocenters. The summed E-state index contributed by atoms with van der Waals surface area (Å²) in [6.45, 7) is 9.53. The van der Waals surface area contributed by atoms with Gasteiger partial charge < -0.3 is 11.1 Å². The summed E-state index contributed by atoms with van der Waals surface area (Å²) in [6, 6.07) is 6.09. The quantitative estimate of drug-likeness (QED) is 0.842. The molecule has 0 heterocycles. The second kappa shape index (κ2) is 4.88. The van der Waals surface area contributed by atoms with Crippen molar-refractivity contribution in [2.45, 2.75) is 46.2 Å². The lowest BCUT2D eigenvalue weighted by Crippen LogP contribution is -2.49. The third-order valence-corrected chi connectivity index (χ3v) is 3.05. The van der Waals surface area contributed by atoms with Crippen molar-refractivity contribution in [1.29, 1.82) is 0 Å². The summed E-state index contributed by atoms with van der Waals surface area (Å²) < 4.78 is 0. The number of carbonyl (C=O) groups excluding carboxylic acids is 1. The molecule has 3 nitrogen and oxygen atoms in total. The van der Waals surface area contributed by atoms with Crippen LogP contribution in [-0.4, -0.2) is 11.4 Å². The highest BCUT2D eigenvalue weighted by Crippen LogP contribution is 2.20. The fourth-order valence-corrected chi connectivity index (χ4v) is 1.70. The summed E-state index contributed by atoms with van der Waals surface area (Å²) in [4.78, 5) is 11.8. The zero-order valence-corrected chi connectivity index (χ0v) is 11.3. The van der Waals surface area contributed by atoms with Crippen LogP contribution in [0.5, 0.6) is 0 Å². The number of nitrogens with two attached hydrogens (primary N) is 1. The van der Waals surface area contributed by atoms with Gasteiger partial charge in [-0.3, -0.25) is 4.79 Å². The lowest BCUT2D eigenvalue weighted by molar-refractivity contribution is -0.125. The van der Waals surface area contributed by atoms with E-state index in [0.717, 1.165) is 5.56 Å². The van der Waals surface area contributed by atoms with Gasteiger partial charge in [0.2, 0.25) is 5.91 Å². The van der Waals surface area contributed by atoms with Gasteiger partial charge in [-0.25, -0.2) is 0 Å². The third kappa shape index (κ3) is 3.30. The van der Waals surface area contributed by atoms with E-state index >= 15 is 0 Å². The van der Waals surface area contributed by atoms with Crippen LogP contribution in [0.25, 0.3) is 0 Å². The van der Waals surface area contributed by atoms with Crippen molar-refractivity contribution >= 4 is 5.91 Å². The molecule has 0 aliphatic rings. The first-order valence-corrected chi connectivity index (χ1v) is 5.89. The molecular formula is C14H22N2O. The van der Waals surface area contributed by atoms with Crippen LogP contribution in [0.4, 0.5) is 0 Å². The number of hydrogen-bond donors (Lipinski definition) is 2. The Hall–Kier alpha value is -1.35. The zero-order chi connectivity index (χ0) is 13.2. The molecule has 0 aromatic heterocycles. The Balaban J connectivity index is 2.88. The van der Waals surface area contributed by atoms with Crippen molar-refractivity contribution in [1.82, 2.24) is 5.32 Å². The SMILES string of the molecule is Cc1cccc(C(C)NC(=O)C(C)(C)N)c1C. The number of carbonyl (C=O) groups is 1. The van der Waals surface area contributed by atoms with Crippen LogP contribution in [0.3, 0.4) is 0 Å². The summed E-state index contributed by atoms with van der Waals surface area (Å²) in [5.41, 5.74) is 8.51. The normalized spacial score (nSPS) is 13.3. The fraction of sp³-hybridized carbons (Fsp3) is 0.500. The molecule has 0 saturated heterocycles. The summed E-state index contributed by atoms with van der Waals surface area (Å²) >= 11 is 0. The first kappa shape index (κ1) is 13.7. The van der Waals surface area contributed by atoms with Crippen LogP contribution in [0.1, 0.15) is 43.5 Å². The topological polar surface area (TPSA) is 55.1 Å². The maximum atomic E-state index is 11.8. The van der Waals surface area contributed by atoms with Crippen molar-refractivity contribution in [3.8, 4) is 0 Å². The Morgan fingerprint density at radius 2 is 1.94 bits per heavy atom. The van der Waals surface area contributed by atoms with E-state index in [2.05, 4.69) is 25.2 Å². The molecule has 3 N–H and O–H groups in total. The minimum atomic E-state index is -0.841. The third-order valence-electron chi connectivity index (χ3n) is 3.05. The second-order valence-electron chi connectivity index (χ2n) is 5.21. The highest BCUT2D eigenvalue weighted by molar-refractivity contribution is 5.85. The van der Waals surface area contributed by atoms with E-state index in [1.54, 1.807) is 13.8 Å². The summed E-state index contributed by atoms with van der Waals surface area (Å²) in [5.74, 6) is -0.133. The van der Waals surface area contributed by atoms with Crippen LogP contribution in [0.2, 0.25) is 0 Å². The van der Waals surface area contributed by atoms with E-state index in [9.17, 15) is 4.79 Å². The van der Waals surface area contributed by atoms with E-state index in [1.807, 2.05) is 19.1 Å². The highest BCUT2D eigenvalue weighted by atomic mass is 16.2. The van der Waals surface area contributed by atoms with Gasteiger partial charge in [0, 0.05) is 0 Å². The summed E-state index contributed by atoms with van der Waals surface area (Å²) in [6.07, 6.45) is 0. The van der Waals surface area contributed by atoms with Crippen LogP contribution < -0.4 is 11.1 Å². The molecule has 1 unspecified atom stereocenters. The van der Waals surface area contributed by atoms with Crippen LogP contribution in [-0.2, 0) is 4.79 Å². The number of hydrogen-bond acceptors (Lipinski definition) is 2. The van der Waals surface area contributed by atoms with Crippen LogP contribution in [0.15, 0.2) is 18.2 Å². The maximum absolute atomic E-state index is 11.8. The minimum absolute atomic E-state index is 0.0229. The van der Waals surface area contributed by atoms with Gasteiger partial charge in [0.15, 0.2) is 0 Å². The van der Waals surface area contributed by atoms with E-state index < -0.39 is 5.54 Å². The van der Waals surface area contributed by atoms with Gasteiger partial charge in [-0.15, -0.1) is 0 Å². The molecule has 1 rings (SSSR count). The predicted molar refractivity (Wildman–Crippen MR) is 70.7 cm³/mol. The molecule has 0 fully saturated rings. The molecule has 0 saturated carbocycles. The van der Waals surface area contributed by atoms with Gasteiger partial charge in [-0.2, -0.15) is 0 Å². The molecule has 1 amide bonds. The highest BCUT2D eigenvalue weighted by Gasteiger charge is 2.24. The van der Waals surface area contributed by atoms with Crippen molar-refractivity contribution in [3.05, 3.63) is 34.9 Å². The Bertz CT molecular complexity index is 419. The van der Waals surface area contributed by atoms with Gasteiger partial charge in [0.1, 0.15) is 0 Å². The van der Waals surface area contributed by atoms with Crippen LogP contribution in [0, 0.1) is 13.8 Å². The molecule has 0 spiro atoms. The average Bonchev–Trinajstić information content (AvgIpc) is 2.20. The van der Waals surface area contributed by atoms with E-state index in [4.69, 9.17) is 5.73 Å². The lowest BCUT2D eigenvalue weighted by Gasteiger charge is -2.23. The lowest BCUT2D eigenvalue weighted by atomic mass is 9.97. The number of nitrogens with one attached hydrogen (secondary N) is 1. The molecule has 1 aromatic carbocycles. The molecule has 0 aliphatic heterocycles. The van der Waals surface area contributed by atoms with Crippen molar-refractivity contribution in [2.24, 2.45) is 5.73 Å². The number of aryl methyl sites for hydroxylation is 1. The van der Waals surface area contributed by atoms with E-state index in [0.29, 0.717) is 0 Å². The Morgan fingerprint density at radius 3 is 2.47 bits per heavy atom. The smallest absolute Gasteiger partial charge is 0.239 e. The second-order valence-corrected chi connectivity index (χ2v) is 5.21. The van der Waals surface area contributed by atoms with Crippen molar-refractivity contribution < 1.29 is 4.79 Å². The minimum Gasteiger partial charge on any atom is -0.348 e. The Labute approximate surface area is 103 Å². The molecular weight excluding hydrogens is 212 g/mol. The molecule has 3 heteroatoms. The number of rotatable bonds is 3.